The second kappa shape index (κ2) is 7.08. The van der Waals surface area contributed by atoms with Crippen LogP contribution >= 0.6 is 11.3 Å². The van der Waals surface area contributed by atoms with Crippen molar-refractivity contribution in [2.45, 2.75) is 19.3 Å². The molecule has 0 bridgehead atoms. The van der Waals surface area contributed by atoms with E-state index < -0.39 is 0 Å². The maximum atomic E-state index is 12.5. The van der Waals surface area contributed by atoms with Gasteiger partial charge < -0.3 is 14.8 Å². The van der Waals surface area contributed by atoms with Gasteiger partial charge in [0.05, 0.1) is 19.9 Å². The standard InChI is InChI=1S/C22H21NO3S/c1-13-4-6-14(7-5-13)18-12-27-22-17(11-20(24)23-21(18)22)16-10-15(25-2)8-9-19(16)26-3/h4-10,12,17H,11H2,1-3H3,(H,23,24). The van der Waals surface area contributed by atoms with Crippen molar-refractivity contribution < 1.29 is 14.3 Å². The summed E-state index contributed by atoms with van der Waals surface area (Å²) < 4.78 is 11.0. The van der Waals surface area contributed by atoms with Gasteiger partial charge >= 0.3 is 0 Å². The van der Waals surface area contributed by atoms with Crippen molar-refractivity contribution in [3.63, 3.8) is 0 Å². The lowest BCUT2D eigenvalue weighted by molar-refractivity contribution is -0.116. The van der Waals surface area contributed by atoms with Gasteiger partial charge in [-0.2, -0.15) is 0 Å². The summed E-state index contributed by atoms with van der Waals surface area (Å²) in [7, 11) is 3.30. The van der Waals surface area contributed by atoms with Crippen LogP contribution in [0.2, 0.25) is 0 Å². The van der Waals surface area contributed by atoms with E-state index in [9.17, 15) is 4.79 Å². The lowest BCUT2D eigenvalue weighted by Crippen LogP contribution is -2.22. The zero-order valence-electron chi connectivity index (χ0n) is 15.5. The number of aryl methyl sites for hydroxylation is 1. The molecule has 5 heteroatoms. The summed E-state index contributed by atoms with van der Waals surface area (Å²) in [6.07, 6.45) is 0.393. The third-order valence-electron chi connectivity index (χ3n) is 4.96. The second-order valence-corrected chi connectivity index (χ2v) is 7.58. The Labute approximate surface area is 162 Å². The van der Waals surface area contributed by atoms with Crippen molar-refractivity contribution in [3.05, 3.63) is 63.8 Å². The third kappa shape index (κ3) is 3.19. The maximum Gasteiger partial charge on any atom is 0.225 e. The van der Waals surface area contributed by atoms with Crippen molar-refractivity contribution in [1.82, 2.24) is 0 Å². The highest BCUT2D eigenvalue weighted by molar-refractivity contribution is 7.11. The van der Waals surface area contributed by atoms with E-state index in [1.54, 1.807) is 25.6 Å². The molecule has 27 heavy (non-hydrogen) atoms. The summed E-state index contributed by atoms with van der Waals surface area (Å²) >= 11 is 1.68. The number of hydrogen-bond acceptors (Lipinski definition) is 4. The van der Waals surface area contributed by atoms with Crippen LogP contribution in [0.1, 0.15) is 28.3 Å². The van der Waals surface area contributed by atoms with Crippen molar-refractivity contribution in [1.29, 1.82) is 0 Å². The molecule has 4 rings (SSSR count). The lowest BCUT2D eigenvalue weighted by Gasteiger charge is -2.25. The number of carbonyl (C=O) groups is 1. The molecule has 1 aliphatic rings. The molecule has 0 radical (unpaired) electrons. The van der Waals surface area contributed by atoms with Gasteiger partial charge in [-0.15, -0.1) is 11.3 Å². The number of carbonyl (C=O) groups excluding carboxylic acids is 1. The summed E-state index contributed by atoms with van der Waals surface area (Å²) in [5.41, 5.74) is 5.28. The van der Waals surface area contributed by atoms with Gasteiger partial charge in [0.1, 0.15) is 11.5 Å². The highest BCUT2D eigenvalue weighted by Gasteiger charge is 2.32. The summed E-state index contributed by atoms with van der Waals surface area (Å²) in [4.78, 5) is 13.7. The smallest absolute Gasteiger partial charge is 0.225 e. The molecule has 1 atom stereocenters. The Kier molecular flexibility index (Phi) is 4.62. The summed E-state index contributed by atoms with van der Waals surface area (Å²) in [5.74, 6) is 1.49. The molecule has 1 aromatic heterocycles. The molecule has 0 saturated heterocycles. The monoisotopic (exact) mass is 379 g/mol. The minimum Gasteiger partial charge on any atom is -0.497 e. The second-order valence-electron chi connectivity index (χ2n) is 6.67. The van der Waals surface area contributed by atoms with E-state index in [4.69, 9.17) is 9.47 Å². The van der Waals surface area contributed by atoms with Crippen molar-refractivity contribution in [3.8, 4) is 22.6 Å². The maximum absolute atomic E-state index is 12.5. The Morgan fingerprint density at radius 2 is 1.85 bits per heavy atom. The van der Waals surface area contributed by atoms with Crippen LogP contribution in [0.3, 0.4) is 0 Å². The molecule has 2 heterocycles. The van der Waals surface area contributed by atoms with Gasteiger partial charge in [-0.1, -0.05) is 29.8 Å². The summed E-state index contributed by atoms with van der Waals surface area (Å²) in [5, 5.41) is 5.21. The molecule has 0 aliphatic carbocycles. The first kappa shape index (κ1) is 17.6. The summed E-state index contributed by atoms with van der Waals surface area (Å²) in [6.45, 7) is 2.07. The highest BCUT2D eigenvalue weighted by Crippen LogP contribution is 2.48. The number of amides is 1. The number of methoxy groups -OCH3 is 2. The molecule has 4 nitrogen and oxygen atoms in total. The number of anilines is 1. The predicted molar refractivity (Wildman–Crippen MR) is 109 cm³/mol. The highest BCUT2D eigenvalue weighted by atomic mass is 32.1. The predicted octanol–water partition coefficient (Wildman–Crippen LogP) is 5.21. The van der Waals surface area contributed by atoms with Gasteiger partial charge in [-0.3, -0.25) is 4.79 Å². The fraction of sp³-hybridized carbons (Fsp3) is 0.227. The molecule has 1 unspecified atom stereocenters. The number of hydrogen-bond donors (Lipinski definition) is 1. The molecule has 1 amide bonds. The fourth-order valence-electron chi connectivity index (χ4n) is 3.54. The number of benzene rings is 2. The molecule has 2 aromatic carbocycles. The minimum atomic E-state index is -0.0528. The van der Waals surface area contributed by atoms with E-state index in [1.165, 1.54) is 5.56 Å². The zero-order chi connectivity index (χ0) is 19.0. The molecule has 0 saturated carbocycles. The lowest BCUT2D eigenvalue weighted by atomic mass is 9.88. The molecule has 0 fully saturated rings. The number of rotatable bonds is 4. The quantitative estimate of drug-likeness (QED) is 0.676. The topological polar surface area (TPSA) is 47.6 Å². The van der Waals surface area contributed by atoms with Crippen LogP contribution in [0.15, 0.2) is 47.8 Å². The van der Waals surface area contributed by atoms with Gasteiger partial charge in [0, 0.05) is 33.7 Å². The van der Waals surface area contributed by atoms with Gasteiger partial charge in [0.15, 0.2) is 0 Å². The first-order valence-corrected chi connectivity index (χ1v) is 9.69. The summed E-state index contributed by atoms with van der Waals surface area (Å²) in [6, 6.07) is 14.1. The van der Waals surface area contributed by atoms with Crippen LogP contribution in [0.25, 0.3) is 11.1 Å². The number of thiophene rings is 1. The SMILES string of the molecule is COc1ccc(OC)c(C2CC(=O)Nc3c(-c4ccc(C)cc4)csc32)c1. The third-order valence-corrected chi connectivity index (χ3v) is 6.06. The largest absolute Gasteiger partial charge is 0.497 e. The Balaban J connectivity index is 1.83. The fourth-order valence-corrected chi connectivity index (χ4v) is 4.69. The van der Waals surface area contributed by atoms with E-state index in [0.717, 1.165) is 38.8 Å². The van der Waals surface area contributed by atoms with E-state index in [0.29, 0.717) is 6.42 Å². The molecule has 0 spiro atoms. The first-order valence-electron chi connectivity index (χ1n) is 8.81. The molecule has 138 valence electrons. The van der Waals surface area contributed by atoms with Gasteiger partial charge in [-0.25, -0.2) is 0 Å². The Morgan fingerprint density at radius 1 is 1.07 bits per heavy atom. The molecule has 3 aromatic rings. The number of nitrogens with one attached hydrogen (secondary N) is 1. The van der Waals surface area contributed by atoms with E-state index >= 15 is 0 Å². The minimum absolute atomic E-state index is 0.0177. The number of ether oxygens (including phenoxy) is 2. The molecular weight excluding hydrogens is 358 g/mol. The normalized spacial score (nSPS) is 15.8. The van der Waals surface area contributed by atoms with Crippen LogP contribution in [0, 0.1) is 6.92 Å². The van der Waals surface area contributed by atoms with E-state index in [-0.39, 0.29) is 11.8 Å². The van der Waals surface area contributed by atoms with Gasteiger partial charge in [-0.05, 0) is 30.7 Å². The Morgan fingerprint density at radius 3 is 2.56 bits per heavy atom. The first-order chi connectivity index (χ1) is 13.1. The van der Waals surface area contributed by atoms with Crippen LogP contribution in [0.5, 0.6) is 11.5 Å². The Hall–Kier alpha value is -2.79. The van der Waals surface area contributed by atoms with E-state index in [2.05, 4.69) is 41.9 Å². The van der Waals surface area contributed by atoms with Crippen LogP contribution in [-0.2, 0) is 4.79 Å². The Bertz CT molecular complexity index is 991. The average Bonchev–Trinajstić information content (AvgIpc) is 3.11. The van der Waals surface area contributed by atoms with Gasteiger partial charge in [0.25, 0.3) is 0 Å². The van der Waals surface area contributed by atoms with Crippen molar-refractivity contribution >= 4 is 22.9 Å². The van der Waals surface area contributed by atoms with Crippen molar-refractivity contribution in [2.24, 2.45) is 0 Å². The molecule has 1 aliphatic heterocycles. The number of fused-ring (bicyclic) bond motifs is 1. The molecular formula is C22H21NO3S. The van der Waals surface area contributed by atoms with Gasteiger partial charge in [0.2, 0.25) is 5.91 Å². The molecule has 1 N–H and O–H groups in total. The van der Waals surface area contributed by atoms with Crippen LogP contribution < -0.4 is 14.8 Å². The van der Waals surface area contributed by atoms with Crippen molar-refractivity contribution in [2.75, 3.05) is 19.5 Å². The van der Waals surface area contributed by atoms with Crippen LogP contribution in [-0.4, -0.2) is 20.1 Å². The zero-order valence-corrected chi connectivity index (χ0v) is 16.4. The van der Waals surface area contributed by atoms with Crippen LogP contribution in [0.4, 0.5) is 5.69 Å². The average molecular weight is 379 g/mol. The van der Waals surface area contributed by atoms with E-state index in [1.807, 2.05) is 18.2 Å².